The van der Waals surface area contributed by atoms with E-state index in [-0.39, 0.29) is 12.1 Å². The quantitative estimate of drug-likeness (QED) is 0.750. The highest BCUT2D eigenvalue weighted by Gasteiger charge is 2.29. The van der Waals surface area contributed by atoms with Crippen molar-refractivity contribution in [1.29, 1.82) is 0 Å². The first kappa shape index (κ1) is 13.9. The van der Waals surface area contributed by atoms with E-state index in [1.165, 1.54) is 25.8 Å². The minimum absolute atomic E-state index is 0.167. The van der Waals surface area contributed by atoms with E-state index in [2.05, 4.69) is 37.9 Å². The van der Waals surface area contributed by atoms with Crippen molar-refractivity contribution in [2.75, 3.05) is 19.7 Å². The largest absolute Gasteiger partial charge is 0.394 e. The summed E-state index contributed by atoms with van der Waals surface area (Å²) in [5.74, 6) is 0. The van der Waals surface area contributed by atoms with Gasteiger partial charge in [-0.3, -0.25) is 4.90 Å². The molecule has 0 aromatic heterocycles. The summed E-state index contributed by atoms with van der Waals surface area (Å²) < 4.78 is 0. The fraction of sp³-hybridized carbons (Fsp3) is 1.00. The van der Waals surface area contributed by atoms with Crippen molar-refractivity contribution in [3.8, 4) is 0 Å². The Bertz CT molecular complexity index is 208. The Morgan fingerprint density at radius 1 is 1.44 bits per heavy atom. The maximum absolute atomic E-state index is 9.56. The van der Waals surface area contributed by atoms with Gasteiger partial charge in [0.1, 0.15) is 0 Å². The standard InChI is InChI=1S/C13H28N2O/c1-11(2)14-13(4,10-16)9-15-8-6-5-7-12(15)3/h11-12,14,16H,5-10H2,1-4H3. The normalized spacial score (nSPS) is 27.0. The van der Waals surface area contributed by atoms with Gasteiger partial charge in [-0.15, -0.1) is 0 Å². The number of nitrogens with zero attached hydrogens (tertiary/aromatic N) is 1. The zero-order chi connectivity index (χ0) is 12.2. The summed E-state index contributed by atoms with van der Waals surface area (Å²) >= 11 is 0. The topological polar surface area (TPSA) is 35.5 Å². The van der Waals surface area contributed by atoms with Gasteiger partial charge in [0, 0.05) is 18.6 Å². The van der Waals surface area contributed by atoms with Gasteiger partial charge in [-0.25, -0.2) is 0 Å². The van der Waals surface area contributed by atoms with Crippen LogP contribution in [0.4, 0.5) is 0 Å². The maximum atomic E-state index is 9.56. The van der Waals surface area contributed by atoms with E-state index in [1.54, 1.807) is 0 Å². The molecule has 1 aliphatic heterocycles. The first-order valence-corrected chi connectivity index (χ1v) is 6.59. The number of nitrogens with one attached hydrogen (secondary N) is 1. The molecule has 0 radical (unpaired) electrons. The summed E-state index contributed by atoms with van der Waals surface area (Å²) in [4.78, 5) is 2.51. The molecule has 0 aromatic rings. The van der Waals surface area contributed by atoms with Crippen LogP contribution in [0.5, 0.6) is 0 Å². The van der Waals surface area contributed by atoms with Gasteiger partial charge in [0.05, 0.1) is 12.1 Å². The van der Waals surface area contributed by atoms with E-state index in [9.17, 15) is 5.11 Å². The van der Waals surface area contributed by atoms with Crippen LogP contribution < -0.4 is 5.32 Å². The summed E-state index contributed by atoms with van der Waals surface area (Å²) in [5.41, 5.74) is -0.167. The highest BCUT2D eigenvalue weighted by Crippen LogP contribution is 2.19. The van der Waals surface area contributed by atoms with Gasteiger partial charge in [-0.2, -0.15) is 0 Å². The minimum atomic E-state index is -0.167. The van der Waals surface area contributed by atoms with Crippen LogP contribution in [-0.2, 0) is 0 Å². The predicted molar refractivity (Wildman–Crippen MR) is 68.6 cm³/mol. The van der Waals surface area contributed by atoms with E-state index >= 15 is 0 Å². The summed E-state index contributed by atoms with van der Waals surface area (Å²) in [7, 11) is 0. The monoisotopic (exact) mass is 228 g/mol. The fourth-order valence-electron chi connectivity index (χ4n) is 2.68. The number of piperidine rings is 1. The molecule has 1 saturated heterocycles. The molecule has 0 spiro atoms. The van der Waals surface area contributed by atoms with Crippen molar-refractivity contribution in [2.24, 2.45) is 0 Å². The van der Waals surface area contributed by atoms with E-state index in [4.69, 9.17) is 0 Å². The zero-order valence-electron chi connectivity index (χ0n) is 11.3. The number of rotatable bonds is 5. The van der Waals surface area contributed by atoms with Gasteiger partial charge >= 0.3 is 0 Å². The summed E-state index contributed by atoms with van der Waals surface area (Å²) in [6.45, 7) is 11.0. The van der Waals surface area contributed by atoms with Crippen molar-refractivity contribution in [3.63, 3.8) is 0 Å². The van der Waals surface area contributed by atoms with Gasteiger partial charge in [-0.05, 0) is 33.2 Å². The van der Waals surface area contributed by atoms with Crippen LogP contribution in [0.2, 0.25) is 0 Å². The van der Waals surface area contributed by atoms with Crippen LogP contribution in [0.1, 0.15) is 47.0 Å². The molecule has 0 bridgehead atoms. The van der Waals surface area contributed by atoms with E-state index in [1.807, 2.05) is 0 Å². The lowest BCUT2D eigenvalue weighted by Gasteiger charge is -2.41. The van der Waals surface area contributed by atoms with Crippen LogP contribution in [-0.4, -0.2) is 47.3 Å². The lowest BCUT2D eigenvalue weighted by Crippen LogP contribution is -2.58. The Kier molecular flexibility index (Phi) is 5.22. The molecule has 1 rings (SSSR count). The van der Waals surface area contributed by atoms with Gasteiger partial charge in [0.15, 0.2) is 0 Å². The SMILES string of the molecule is CC(C)NC(C)(CO)CN1CCCCC1C. The smallest absolute Gasteiger partial charge is 0.0623 e. The molecule has 0 saturated carbocycles. The highest BCUT2D eigenvalue weighted by atomic mass is 16.3. The molecule has 3 heteroatoms. The Balaban J connectivity index is 2.53. The second kappa shape index (κ2) is 5.99. The third kappa shape index (κ3) is 4.04. The molecule has 2 unspecified atom stereocenters. The minimum Gasteiger partial charge on any atom is -0.394 e. The van der Waals surface area contributed by atoms with Crippen LogP contribution >= 0.6 is 0 Å². The lowest BCUT2D eigenvalue weighted by molar-refractivity contribution is 0.0759. The average molecular weight is 228 g/mol. The molecule has 1 fully saturated rings. The molecule has 0 aliphatic carbocycles. The van der Waals surface area contributed by atoms with Crippen LogP contribution in [0.15, 0.2) is 0 Å². The molecule has 2 atom stereocenters. The molecule has 1 heterocycles. The number of aliphatic hydroxyl groups is 1. The van der Waals surface area contributed by atoms with Crippen molar-refractivity contribution in [2.45, 2.75) is 64.6 Å². The summed E-state index contributed by atoms with van der Waals surface area (Å²) in [6.07, 6.45) is 3.95. The average Bonchev–Trinajstić information content (AvgIpc) is 2.20. The molecular weight excluding hydrogens is 200 g/mol. The second-order valence-corrected chi connectivity index (χ2v) is 5.83. The van der Waals surface area contributed by atoms with E-state index in [0.29, 0.717) is 12.1 Å². The Morgan fingerprint density at radius 2 is 2.12 bits per heavy atom. The summed E-state index contributed by atoms with van der Waals surface area (Å²) in [5, 5.41) is 13.0. The Labute approximate surface area is 100 Å². The Morgan fingerprint density at radius 3 is 2.62 bits per heavy atom. The highest BCUT2D eigenvalue weighted by molar-refractivity contribution is 4.89. The van der Waals surface area contributed by atoms with Crippen molar-refractivity contribution in [3.05, 3.63) is 0 Å². The molecule has 96 valence electrons. The maximum Gasteiger partial charge on any atom is 0.0623 e. The van der Waals surface area contributed by atoms with Gasteiger partial charge < -0.3 is 10.4 Å². The third-order valence-corrected chi connectivity index (χ3v) is 3.48. The van der Waals surface area contributed by atoms with Crippen LogP contribution in [0.3, 0.4) is 0 Å². The van der Waals surface area contributed by atoms with E-state index < -0.39 is 0 Å². The van der Waals surface area contributed by atoms with Crippen molar-refractivity contribution in [1.82, 2.24) is 10.2 Å². The lowest BCUT2D eigenvalue weighted by atomic mass is 9.97. The molecular formula is C13H28N2O. The van der Waals surface area contributed by atoms with Crippen LogP contribution in [0, 0.1) is 0 Å². The predicted octanol–water partition coefficient (Wildman–Crippen LogP) is 1.61. The number of hydrogen-bond donors (Lipinski definition) is 2. The van der Waals surface area contributed by atoms with Gasteiger partial charge in [0.25, 0.3) is 0 Å². The van der Waals surface area contributed by atoms with Crippen molar-refractivity contribution < 1.29 is 5.11 Å². The second-order valence-electron chi connectivity index (χ2n) is 5.83. The molecule has 0 aromatic carbocycles. The molecule has 0 amide bonds. The first-order chi connectivity index (χ1) is 7.47. The van der Waals surface area contributed by atoms with E-state index in [0.717, 1.165) is 6.54 Å². The van der Waals surface area contributed by atoms with Crippen molar-refractivity contribution >= 4 is 0 Å². The molecule has 3 nitrogen and oxygen atoms in total. The summed E-state index contributed by atoms with van der Waals surface area (Å²) in [6, 6.07) is 1.07. The van der Waals surface area contributed by atoms with Gasteiger partial charge in [-0.1, -0.05) is 20.3 Å². The Hall–Kier alpha value is -0.120. The van der Waals surface area contributed by atoms with Gasteiger partial charge in [0.2, 0.25) is 0 Å². The molecule has 2 N–H and O–H groups in total. The molecule has 1 aliphatic rings. The molecule has 16 heavy (non-hydrogen) atoms. The fourth-order valence-corrected chi connectivity index (χ4v) is 2.68. The number of aliphatic hydroxyl groups excluding tert-OH is 1. The zero-order valence-corrected chi connectivity index (χ0v) is 11.3. The number of likely N-dealkylation sites (tertiary alicyclic amines) is 1. The number of hydrogen-bond acceptors (Lipinski definition) is 3. The van der Waals surface area contributed by atoms with Crippen LogP contribution in [0.25, 0.3) is 0 Å². The first-order valence-electron chi connectivity index (χ1n) is 6.59. The third-order valence-electron chi connectivity index (χ3n) is 3.48.